The third kappa shape index (κ3) is 1.78. The summed E-state index contributed by atoms with van der Waals surface area (Å²) in [6.07, 6.45) is 0. The van der Waals surface area contributed by atoms with Crippen molar-refractivity contribution in [1.82, 2.24) is 9.97 Å². The van der Waals surface area contributed by atoms with Crippen LogP contribution in [0.25, 0.3) is 44.0 Å². The summed E-state index contributed by atoms with van der Waals surface area (Å²) in [6.45, 7) is 0. The predicted octanol–water partition coefficient (Wildman–Crippen LogP) is 5.54. The molecule has 2 heteroatoms. The van der Waals surface area contributed by atoms with Gasteiger partial charge in [0.1, 0.15) is 0 Å². The summed E-state index contributed by atoms with van der Waals surface area (Å²) in [6, 6.07) is 27.2. The number of nitrogens with zero attached hydrogens (tertiary/aromatic N) is 1. The first-order chi connectivity index (χ1) is 11.4. The lowest BCUT2D eigenvalue weighted by molar-refractivity contribution is 1.43. The van der Waals surface area contributed by atoms with Gasteiger partial charge < -0.3 is 4.98 Å². The third-order valence-electron chi connectivity index (χ3n) is 4.40. The summed E-state index contributed by atoms with van der Waals surface area (Å²) in [7, 11) is 0. The zero-order valence-corrected chi connectivity index (χ0v) is 12.5. The minimum Gasteiger partial charge on any atom is -0.354 e. The molecule has 2 nitrogen and oxygen atoms in total. The normalized spacial score (nSPS) is 11.5. The van der Waals surface area contributed by atoms with Gasteiger partial charge in [0.15, 0.2) is 0 Å². The number of para-hydroxylation sites is 2. The Morgan fingerprint density at radius 1 is 0.652 bits per heavy atom. The molecule has 2 aromatic heterocycles. The van der Waals surface area contributed by atoms with Gasteiger partial charge in [-0.1, -0.05) is 66.7 Å². The molecule has 23 heavy (non-hydrogen) atoms. The number of hydrogen-bond donors (Lipinski definition) is 1. The minimum absolute atomic E-state index is 1.02. The van der Waals surface area contributed by atoms with Gasteiger partial charge in [0.25, 0.3) is 0 Å². The largest absolute Gasteiger partial charge is 0.354 e. The Labute approximate surface area is 133 Å². The van der Waals surface area contributed by atoms with Gasteiger partial charge in [-0.2, -0.15) is 0 Å². The maximum atomic E-state index is 4.98. The second-order valence-electron chi connectivity index (χ2n) is 5.76. The SMILES string of the molecule is c1ccc(-c2nc3ccccc3c3[nH]c4ccccc4c23)cc1. The summed E-state index contributed by atoms with van der Waals surface area (Å²) in [5.41, 5.74) is 5.52. The average Bonchev–Trinajstić information content (AvgIpc) is 3.02. The van der Waals surface area contributed by atoms with Gasteiger partial charge in [-0.15, -0.1) is 0 Å². The van der Waals surface area contributed by atoms with Gasteiger partial charge >= 0.3 is 0 Å². The molecule has 0 saturated carbocycles. The number of fused-ring (bicyclic) bond motifs is 5. The van der Waals surface area contributed by atoms with Crippen LogP contribution in [0.3, 0.4) is 0 Å². The molecule has 0 fully saturated rings. The van der Waals surface area contributed by atoms with E-state index >= 15 is 0 Å². The van der Waals surface area contributed by atoms with Crippen molar-refractivity contribution in [3.05, 3.63) is 78.9 Å². The van der Waals surface area contributed by atoms with Crippen molar-refractivity contribution in [1.29, 1.82) is 0 Å². The molecule has 5 aromatic rings. The number of benzene rings is 3. The third-order valence-corrected chi connectivity index (χ3v) is 4.40. The highest BCUT2D eigenvalue weighted by Gasteiger charge is 2.14. The van der Waals surface area contributed by atoms with Crippen molar-refractivity contribution in [2.24, 2.45) is 0 Å². The summed E-state index contributed by atoms with van der Waals surface area (Å²) in [5, 5.41) is 3.59. The molecule has 0 aliphatic carbocycles. The lowest BCUT2D eigenvalue weighted by Gasteiger charge is -2.07. The van der Waals surface area contributed by atoms with Crippen molar-refractivity contribution in [3.8, 4) is 11.3 Å². The van der Waals surface area contributed by atoms with Gasteiger partial charge in [-0.3, -0.25) is 0 Å². The molecule has 0 aliphatic heterocycles. The number of pyridine rings is 1. The van der Waals surface area contributed by atoms with Crippen LogP contribution in [0.15, 0.2) is 78.9 Å². The highest BCUT2D eigenvalue weighted by atomic mass is 14.8. The average molecular weight is 294 g/mol. The molecule has 0 spiro atoms. The monoisotopic (exact) mass is 294 g/mol. The number of aromatic amines is 1. The van der Waals surface area contributed by atoms with Crippen LogP contribution >= 0.6 is 0 Å². The van der Waals surface area contributed by atoms with E-state index in [4.69, 9.17) is 4.98 Å². The second kappa shape index (κ2) is 4.68. The van der Waals surface area contributed by atoms with Gasteiger partial charge in [-0.05, 0) is 12.1 Å². The van der Waals surface area contributed by atoms with Crippen LogP contribution in [0.2, 0.25) is 0 Å². The van der Waals surface area contributed by atoms with Crippen LogP contribution in [0.5, 0.6) is 0 Å². The van der Waals surface area contributed by atoms with E-state index < -0.39 is 0 Å². The highest BCUT2D eigenvalue weighted by Crippen LogP contribution is 2.36. The van der Waals surface area contributed by atoms with Crippen molar-refractivity contribution in [3.63, 3.8) is 0 Å². The zero-order valence-electron chi connectivity index (χ0n) is 12.5. The number of rotatable bonds is 1. The fourth-order valence-electron chi connectivity index (χ4n) is 3.35. The standard InChI is InChI=1S/C21H14N2/c1-2-8-14(9-3-1)20-19-15-10-4-6-12-17(15)23-21(19)16-11-5-7-13-18(16)22-20/h1-13,23H. The maximum absolute atomic E-state index is 4.98. The summed E-state index contributed by atoms with van der Waals surface area (Å²) in [4.78, 5) is 8.57. The van der Waals surface area contributed by atoms with Gasteiger partial charge in [0.05, 0.1) is 16.7 Å². The molecule has 1 N–H and O–H groups in total. The summed E-state index contributed by atoms with van der Waals surface area (Å²) in [5.74, 6) is 0. The molecular weight excluding hydrogens is 280 g/mol. The maximum Gasteiger partial charge on any atom is 0.0809 e. The summed E-state index contributed by atoms with van der Waals surface area (Å²) >= 11 is 0. The first kappa shape index (κ1) is 12.4. The predicted molar refractivity (Wildman–Crippen MR) is 96.5 cm³/mol. The van der Waals surface area contributed by atoms with Gasteiger partial charge in [0.2, 0.25) is 0 Å². The van der Waals surface area contributed by atoms with E-state index in [2.05, 4.69) is 71.7 Å². The van der Waals surface area contributed by atoms with Crippen molar-refractivity contribution in [2.45, 2.75) is 0 Å². The van der Waals surface area contributed by atoms with Crippen molar-refractivity contribution in [2.75, 3.05) is 0 Å². The molecule has 0 radical (unpaired) electrons. The first-order valence-corrected chi connectivity index (χ1v) is 7.76. The van der Waals surface area contributed by atoms with E-state index in [0.717, 1.165) is 27.8 Å². The Morgan fingerprint density at radius 2 is 1.35 bits per heavy atom. The Hall–Kier alpha value is -3.13. The topological polar surface area (TPSA) is 28.7 Å². The van der Waals surface area contributed by atoms with Crippen LogP contribution < -0.4 is 0 Å². The highest BCUT2D eigenvalue weighted by molar-refractivity contribution is 6.20. The second-order valence-corrected chi connectivity index (χ2v) is 5.76. The van der Waals surface area contributed by atoms with Crippen LogP contribution in [0, 0.1) is 0 Å². The van der Waals surface area contributed by atoms with E-state index in [9.17, 15) is 0 Å². The first-order valence-electron chi connectivity index (χ1n) is 7.76. The molecule has 108 valence electrons. The molecule has 0 bridgehead atoms. The van der Waals surface area contributed by atoms with Crippen LogP contribution in [-0.4, -0.2) is 9.97 Å². The fourth-order valence-corrected chi connectivity index (χ4v) is 3.35. The van der Waals surface area contributed by atoms with Crippen LogP contribution in [-0.2, 0) is 0 Å². The smallest absolute Gasteiger partial charge is 0.0809 e. The fraction of sp³-hybridized carbons (Fsp3) is 0. The number of H-pyrrole nitrogens is 1. The van der Waals surface area contributed by atoms with Crippen molar-refractivity contribution < 1.29 is 0 Å². The Morgan fingerprint density at radius 3 is 2.22 bits per heavy atom. The molecule has 2 heterocycles. The lowest BCUT2D eigenvalue weighted by atomic mass is 10.0. The van der Waals surface area contributed by atoms with E-state index in [0.29, 0.717) is 0 Å². The Bertz CT molecular complexity index is 1150. The molecule has 3 aromatic carbocycles. The van der Waals surface area contributed by atoms with Gasteiger partial charge in [-0.25, -0.2) is 4.98 Å². The molecule has 0 unspecified atom stereocenters. The van der Waals surface area contributed by atoms with Crippen LogP contribution in [0.1, 0.15) is 0 Å². The van der Waals surface area contributed by atoms with E-state index in [1.165, 1.54) is 16.2 Å². The van der Waals surface area contributed by atoms with E-state index in [-0.39, 0.29) is 0 Å². The summed E-state index contributed by atoms with van der Waals surface area (Å²) < 4.78 is 0. The van der Waals surface area contributed by atoms with Crippen LogP contribution in [0.4, 0.5) is 0 Å². The van der Waals surface area contributed by atoms with E-state index in [1.54, 1.807) is 0 Å². The molecule has 0 saturated heterocycles. The Kier molecular flexibility index (Phi) is 2.53. The van der Waals surface area contributed by atoms with Gasteiger partial charge in [0, 0.05) is 27.2 Å². The number of aromatic nitrogens is 2. The number of nitrogens with one attached hydrogen (secondary N) is 1. The molecule has 0 aliphatic rings. The number of hydrogen-bond acceptors (Lipinski definition) is 1. The molecule has 0 amide bonds. The van der Waals surface area contributed by atoms with Crippen molar-refractivity contribution >= 4 is 32.7 Å². The zero-order chi connectivity index (χ0) is 15.2. The lowest BCUT2D eigenvalue weighted by Crippen LogP contribution is -1.88. The molecule has 5 rings (SSSR count). The Balaban J connectivity index is 2.06. The quantitative estimate of drug-likeness (QED) is 0.432. The minimum atomic E-state index is 1.02. The molecular formula is C21H14N2. The van der Waals surface area contributed by atoms with E-state index in [1.807, 2.05) is 12.1 Å². The molecule has 0 atom stereocenters.